The van der Waals surface area contributed by atoms with Crippen LogP contribution in [0, 0.1) is 17.6 Å². The fourth-order valence-corrected chi connectivity index (χ4v) is 3.50. The number of halogens is 2. The van der Waals surface area contributed by atoms with Crippen LogP contribution < -0.4 is 15.1 Å². The first-order chi connectivity index (χ1) is 13.4. The standard InChI is InChI=1S/C19H24F2N3O4/c1-12(25)22-9-15-10-24(19(26)28-15)14-7-16(20)18(17(21)8-14)23-5-3-13(4-6-23)11-27-2/h7-8,15H,3-6,9-11H2,1-2H3,(H,22,25)/t15-/m0/s1. The molecule has 1 radical (unpaired) electrons. The number of ether oxygens (including phenoxy) is 2. The molecule has 1 aromatic carbocycles. The van der Waals surface area contributed by atoms with Crippen molar-refractivity contribution in [3.05, 3.63) is 29.7 Å². The monoisotopic (exact) mass is 396 g/mol. The number of piperidine rings is 1. The Morgan fingerprint density at radius 3 is 2.50 bits per heavy atom. The fourth-order valence-electron chi connectivity index (χ4n) is 3.50. The van der Waals surface area contributed by atoms with Crippen molar-refractivity contribution in [1.29, 1.82) is 0 Å². The van der Waals surface area contributed by atoms with Crippen LogP contribution in [0.5, 0.6) is 0 Å². The van der Waals surface area contributed by atoms with E-state index >= 15 is 0 Å². The van der Waals surface area contributed by atoms with Gasteiger partial charge in [-0.1, -0.05) is 0 Å². The van der Waals surface area contributed by atoms with Gasteiger partial charge in [0.2, 0.25) is 5.91 Å². The molecule has 7 nitrogen and oxygen atoms in total. The van der Waals surface area contributed by atoms with Crippen LogP contribution in [0.25, 0.3) is 0 Å². The van der Waals surface area contributed by atoms with Crippen molar-refractivity contribution < 1.29 is 27.8 Å². The summed E-state index contributed by atoms with van der Waals surface area (Å²) in [4.78, 5) is 25.9. The highest BCUT2D eigenvalue weighted by molar-refractivity contribution is 5.90. The zero-order valence-corrected chi connectivity index (χ0v) is 16.0. The van der Waals surface area contributed by atoms with E-state index in [-0.39, 0.29) is 30.4 Å². The number of cyclic esters (lactones) is 1. The predicted molar refractivity (Wildman–Crippen MR) is 99.2 cm³/mol. The molecule has 0 aliphatic carbocycles. The van der Waals surface area contributed by atoms with Crippen molar-refractivity contribution >= 4 is 23.4 Å². The molecule has 0 aromatic heterocycles. The van der Waals surface area contributed by atoms with Gasteiger partial charge in [0.25, 0.3) is 0 Å². The normalized spacial score (nSPS) is 20.4. The Morgan fingerprint density at radius 2 is 1.93 bits per heavy atom. The summed E-state index contributed by atoms with van der Waals surface area (Å²) in [6.07, 6.45) is 0.174. The molecule has 2 fully saturated rings. The lowest BCUT2D eigenvalue weighted by Crippen LogP contribution is -2.35. The topological polar surface area (TPSA) is 71.1 Å². The minimum atomic E-state index is -0.719. The zero-order chi connectivity index (χ0) is 20.3. The van der Waals surface area contributed by atoms with E-state index < -0.39 is 23.8 Å². The van der Waals surface area contributed by atoms with Crippen LogP contribution in [-0.2, 0) is 14.3 Å². The number of rotatable bonds is 6. The Bertz CT molecular complexity index is 715. The third-order valence-corrected chi connectivity index (χ3v) is 4.90. The minimum absolute atomic E-state index is 0.0809. The van der Waals surface area contributed by atoms with Crippen LogP contribution >= 0.6 is 0 Å². The van der Waals surface area contributed by atoms with Gasteiger partial charge in [0, 0.05) is 45.2 Å². The number of carbonyl (C=O) groups is 2. The second-order valence-electron chi connectivity index (χ2n) is 6.98. The summed E-state index contributed by atoms with van der Waals surface area (Å²) in [7, 11) is 1.63. The molecule has 0 spiro atoms. The molecule has 2 heterocycles. The van der Waals surface area contributed by atoms with E-state index in [1.165, 1.54) is 17.7 Å². The Labute approximate surface area is 162 Å². The van der Waals surface area contributed by atoms with Gasteiger partial charge >= 0.3 is 6.09 Å². The second kappa shape index (κ2) is 8.72. The number of hydrogen-bond acceptors (Lipinski definition) is 5. The van der Waals surface area contributed by atoms with Crippen LogP contribution in [-0.4, -0.2) is 58.0 Å². The van der Waals surface area contributed by atoms with E-state index in [1.807, 2.05) is 0 Å². The smallest absolute Gasteiger partial charge is 0.414 e. The SMILES string of the molecule is COC[C]1CCN(c2c(F)cc(N3C[C@H](CNC(C)=O)OC3=O)cc2F)CC1. The van der Waals surface area contributed by atoms with Crippen molar-refractivity contribution in [3.8, 4) is 0 Å². The van der Waals surface area contributed by atoms with Crippen molar-refractivity contribution in [2.75, 3.05) is 49.7 Å². The first kappa shape index (κ1) is 20.3. The Morgan fingerprint density at radius 1 is 1.29 bits per heavy atom. The summed E-state index contributed by atoms with van der Waals surface area (Å²) in [5.41, 5.74) is 0.0142. The van der Waals surface area contributed by atoms with E-state index in [4.69, 9.17) is 9.47 Å². The quantitative estimate of drug-likeness (QED) is 0.799. The first-order valence-electron chi connectivity index (χ1n) is 9.18. The van der Waals surface area contributed by atoms with E-state index in [0.29, 0.717) is 19.7 Å². The highest BCUT2D eigenvalue weighted by Crippen LogP contribution is 2.33. The summed E-state index contributed by atoms with van der Waals surface area (Å²) >= 11 is 0. The summed E-state index contributed by atoms with van der Waals surface area (Å²) in [6.45, 7) is 3.20. The highest BCUT2D eigenvalue weighted by atomic mass is 19.1. The molecule has 1 aromatic rings. The molecule has 1 atom stereocenters. The molecule has 2 aliphatic heterocycles. The maximum absolute atomic E-state index is 14.7. The van der Waals surface area contributed by atoms with Gasteiger partial charge in [0.15, 0.2) is 11.6 Å². The zero-order valence-electron chi connectivity index (χ0n) is 16.0. The van der Waals surface area contributed by atoms with Gasteiger partial charge < -0.3 is 19.7 Å². The third-order valence-electron chi connectivity index (χ3n) is 4.90. The van der Waals surface area contributed by atoms with Crippen LogP contribution in [0.4, 0.5) is 25.0 Å². The predicted octanol–water partition coefficient (Wildman–Crippen LogP) is 2.25. The highest BCUT2D eigenvalue weighted by Gasteiger charge is 2.34. The van der Waals surface area contributed by atoms with Crippen molar-refractivity contribution in [2.45, 2.75) is 25.9 Å². The molecule has 0 unspecified atom stereocenters. The maximum atomic E-state index is 14.7. The minimum Gasteiger partial charge on any atom is -0.442 e. The summed E-state index contributed by atoms with van der Waals surface area (Å²) < 4.78 is 39.7. The number of carbonyl (C=O) groups excluding carboxylic acids is 2. The average molecular weight is 396 g/mol. The lowest BCUT2D eigenvalue weighted by Gasteiger charge is -2.33. The van der Waals surface area contributed by atoms with Crippen molar-refractivity contribution in [2.24, 2.45) is 0 Å². The summed E-state index contributed by atoms with van der Waals surface area (Å²) in [5, 5.41) is 2.56. The van der Waals surface area contributed by atoms with Crippen LogP contribution in [0.3, 0.4) is 0 Å². The number of anilines is 2. The lowest BCUT2D eigenvalue weighted by molar-refractivity contribution is -0.119. The number of amides is 2. The van der Waals surface area contributed by atoms with Gasteiger partial charge in [0.1, 0.15) is 11.8 Å². The van der Waals surface area contributed by atoms with Crippen LogP contribution in [0.15, 0.2) is 12.1 Å². The van der Waals surface area contributed by atoms with Gasteiger partial charge in [-0.2, -0.15) is 0 Å². The number of benzene rings is 1. The average Bonchev–Trinajstić information content (AvgIpc) is 3.02. The van der Waals surface area contributed by atoms with E-state index in [1.54, 1.807) is 12.0 Å². The van der Waals surface area contributed by atoms with E-state index in [2.05, 4.69) is 5.32 Å². The Hall–Kier alpha value is -2.42. The van der Waals surface area contributed by atoms with Crippen LogP contribution in [0.1, 0.15) is 19.8 Å². The molecule has 1 N–H and O–H groups in total. The summed E-state index contributed by atoms with van der Waals surface area (Å²) in [5.74, 6) is -0.462. The third kappa shape index (κ3) is 4.52. The van der Waals surface area contributed by atoms with Gasteiger partial charge in [0.05, 0.1) is 25.4 Å². The largest absolute Gasteiger partial charge is 0.442 e. The number of nitrogens with one attached hydrogen (secondary N) is 1. The number of methoxy groups -OCH3 is 1. The molecule has 0 saturated carbocycles. The second-order valence-corrected chi connectivity index (χ2v) is 6.98. The van der Waals surface area contributed by atoms with E-state index in [0.717, 1.165) is 25.0 Å². The molecule has 3 rings (SSSR count). The van der Waals surface area contributed by atoms with Crippen molar-refractivity contribution in [3.63, 3.8) is 0 Å². The molecule has 0 bridgehead atoms. The molecule has 9 heteroatoms. The molecule has 153 valence electrons. The number of nitrogens with zero attached hydrogens (tertiary/aromatic N) is 2. The van der Waals surface area contributed by atoms with Gasteiger partial charge in [-0.3, -0.25) is 9.69 Å². The van der Waals surface area contributed by atoms with E-state index in [9.17, 15) is 18.4 Å². The van der Waals surface area contributed by atoms with Crippen LogP contribution in [0.2, 0.25) is 0 Å². The molecule has 2 amide bonds. The molecular weight excluding hydrogens is 372 g/mol. The molecule has 2 saturated heterocycles. The Balaban J connectivity index is 1.70. The summed E-state index contributed by atoms with van der Waals surface area (Å²) in [6, 6.07) is 2.30. The molecular formula is C19H24F2N3O4. The van der Waals surface area contributed by atoms with Gasteiger partial charge in [-0.15, -0.1) is 0 Å². The fraction of sp³-hybridized carbons (Fsp3) is 0.526. The first-order valence-corrected chi connectivity index (χ1v) is 9.18. The number of hydrogen-bond donors (Lipinski definition) is 1. The van der Waals surface area contributed by atoms with Crippen molar-refractivity contribution in [1.82, 2.24) is 5.32 Å². The Kier molecular flexibility index (Phi) is 6.33. The molecule has 28 heavy (non-hydrogen) atoms. The molecule has 2 aliphatic rings. The van der Waals surface area contributed by atoms with Gasteiger partial charge in [-0.05, 0) is 12.8 Å². The maximum Gasteiger partial charge on any atom is 0.414 e. The lowest BCUT2D eigenvalue weighted by atomic mass is 9.97. The van der Waals surface area contributed by atoms with Gasteiger partial charge in [-0.25, -0.2) is 13.6 Å².